The first-order valence-corrected chi connectivity index (χ1v) is 4.70. The number of nitrogens with two attached hydrogens (primary N) is 1. The molecule has 1 rings (SSSR count). The monoisotopic (exact) mass is 188 g/mol. The van der Waals surface area contributed by atoms with Gasteiger partial charge in [0.15, 0.2) is 0 Å². The number of allylic oxidation sites excluding steroid dienone is 1. The van der Waals surface area contributed by atoms with Crippen LogP contribution in [-0.4, -0.2) is 6.72 Å². The summed E-state index contributed by atoms with van der Waals surface area (Å²) < 4.78 is 0. The molecule has 0 aliphatic heterocycles. The number of aliphatic imine (C=N–C) groups is 1. The van der Waals surface area contributed by atoms with Crippen molar-refractivity contribution in [3.8, 4) is 0 Å². The van der Waals surface area contributed by atoms with Gasteiger partial charge in [-0.25, -0.2) is 0 Å². The lowest BCUT2D eigenvalue weighted by Gasteiger charge is -2.08. The van der Waals surface area contributed by atoms with Gasteiger partial charge in [0.25, 0.3) is 0 Å². The summed E-state index contributed by atoms with van der Waals surface area (Å²) >= 11 is 0. The lowest BCUT2D eigenvalue weighted by Crippen LogP contribution is -1.91. The number of aryl methyl sites for hydroxylation is 1. The van der Waals surface area contributed by atoms with Gasteiger partial charge in [0, 0.05) is 11.9 Å². The number of rotatable bonds is 3. The second-order valence-corrected chi connectivity index (χ2v) is 3.26. The van der Waals surface area contributed by atoms with Crippen LogP contribution in [0.25, 0.3) is 5.57 Å². The van der Waals surface area contributed by atoms with Gasteiger partial charge >= 0.3 is 0 Å². The molecule has 0 fully saturated rings. The fraction of sp³-hybridized carbons (Fsp3) is 0.250. The molecule has 0 bridgehead atoms. The standard InChI is InChI=1S/C12H16N2/c1-4-10(8-14-3)12-6-5-11(13)7-9(12)2/h5-8H,3-4,13H2,1-2H3/b10-8+. The summed E-state index contributed by atoms with van der Waals surface area (Å²) in [4.78, 5) is 3.80. The highest BCUT2D eigenvalue weighted by molar-refractivity contribution is 5.70. The summed E-state index contributed by atoms with van der Waals surface area (Å²) in [7, 11) is 0. The highest BCUT2D eigenvalue weighted by atomic mass is 14.6. The van der Waals surface area contributed by atoms with Crippen molar-refractivity contribution in [3.63, 3.8) is 0 Å². The van der Waals surface area contributed by atoms with Gasteiger partial charge in [-0.2, -0.15) is 0 Å². The van der Waals surface area contributed by atoms with E-state index < -0.39 is 0 Å². The van der Waals surface area contributed by atoms with Crippen LogP contribution < -0.4 is 5.73 Å². The van der Waals surface area contributed by atoms with Crippen molar-refractivity contribution in [2.75, 3.05) is 5.73 Å². The van der Waals surface area contributed by atoms with Crippen LogP contribution in [0, 0.1) is 6.92 Å². The normalized spacial score (nSPS) is 11.4. The van der Waals surface area contributed by atoms with Gasteiger partial charge in [-0.1, -0.05) is 13.0 Å². The zero-order chi connectivity index (χ0) is 10.6. The topological polar surface area (TPSA) is 38.4 Å². The van der Waals surface area contributed by atoms with Crippen LogP contribution in [0.4, 0.5) is 5.69 Å². The predicted octanol–water partition coefficient (Wildman–Crippen LogP) is 3.03. The summed E-state index contributed by atoms with van der Waals surface area (Å²) in [6, 6.07) is 5.92. The summed E-state index contributed by atoms with van der Waals surface area (Å²) in [6.45, 7) is 7.63. The fourth-order valence-electron chi connectivity index (χ4n) is 1.51. The molecule has 0 unspecified atom stereocenters. The molecule has 2 nitrogen and oxygen atoms in total. The molecule has 0 saturated heterocycles. The van der Waals surface area contributed by atoms with Crippen LogP contribution in [0.1, 0.15) is 24.5 Å². The van der Waals surface area contributed by atoms with Gasteiger partial charge in [-0.15, -0.1) is 0 Å². The third-order valence-electron chi connectivity index (χ3n) is 2.22. The number of hydrogen-bond donors (Lipinski definition) is 1. The van der Waals surface area contributed by atoms with E-state index in [1.54, 1.807) is 6.20 Å². The second kappa shape index (κ2) is 4.61. The predicted molar refractivity (Wildman–Crippen MR) is 63.4 cm³/mol. The third-order valence-corrected chi connectivity index (χ3v) is 2.22. The molecule has 0 radical (unpaired) electrons. The highest BCUT2D eigenvalue weighted by Crippen LogP contribution is 2.23. The van der Waals surface area contributed by atoms with E-state index >= 15 is 0 Å². The summed E-state index contributed by atoms with van der Waals surface area (Å²) in [5, 5.41) is 0. The Morgan fingerprint density at radius 1 is 1.57 bits per heavy atom. The molecule has 1 aromatic carbocycles. The number of nitrogens with zero attached hydrogens (tertiary/aromatic N) is 1. The zero-order valence-corrected chi connectivity index (χ0v) is 8.75. The van der Waals surface area contributed by atoms with Crippen molar-refractivity contribution >= 4 is 18.0 Å². The van der Waals surface area contributed by atoms with Crippen LogP contribution in [0.15, 0.2) is 29.4 Å². The van der Waals surface area contributed by atoms with Crippen molar-refractivity contribution in [2.45, 2.75) is 20.3 Å². The van der Waals surface area contributed by atoms with Gasteiger partial charge in [-0.3, -0.25) is 4.99 Å². The number of hydrogen-bond acceptors (Lipinski definition) is 2. The Labute approximate surface area is 85.2 Å². The minimum Gasteiger partial charge on any atom is -0.399 e. The van der Waals surface area contributed by atoms with E-state index in [4.69, 9.17) is 5.73 Å². The Morgan fingerprint density at radius 3 is 2.79 bits per heavy atom. The Balaban J connectivity index is 3.17. The first kappa shape index (κ1) is 10.5. The molecule has 0 spiro atoms. The van der Waals surface area contributed by atoms with Crippen molar-refractivity contribution in [3.05, 3.63) is 35.5 Å². The molecule has 0 aliphatic carbocycles. The molecule has 0 saturated carbocycles. The van der Waals surface area contributed by atoms with Crippen LogP contribution in [0.2, 0.25) is 0 Å². The van der Waals surface area contributed by atoms with Gasteiger partial charge < -0.3 is 5.73 Å². The maximum Gasteiger partial charge on any atom is 0.0317 e. The lowest BCUT2D eigenvalue weighted by atomic mass is 9.99. The minimum absolute atomic E-state index is 0.799. The Bertz CT molecular complexity index is 365. The van der Waals surface area contributed by atoms with E-state index in [-0.39, 0.29) is 0 Å². The Hall–Kier alpha value is -1.57. The maximum atomic E-state index is 5.69. The molecule has 2 N–H and O–H groups in total. The molecular formula is C12H16N2. The van der Waals surface area contributed by atoms with Crippen molar-refractivity contribution < 1.29 is 0 Å². The molecule has 0 amide bonds. The smallest absolute Gasteiger partial charge is 0.0317 e. The van der Waals surface area contributed by atoms with E-state index in [9.17, 15) is 0 Å². The summed E-state index contributed by atoms with van der Waals surface area (Å²) in [5.41, 5.74) is 10.1. The zero-order valence-electron chi connectivity index (χ0n) is 8.75. The maximum absolute atomic E-state index is 5.69. The number of anilines is 1. The van der Waals surface area contributed by atoms with E-state index in [1.165, 1.54) is 16.7 Å². The Morgan fingerprint density at radius 2 is 2.29 bits per heavy atom. The van der Waals surface area contributed by atoms with Crippen LogP contribution in [0.3, 0.4) is 0 Å². The molecule has 0 atom stereocenters. The van der Waals surface area contributed by atoms with E-state index in [2.05, 4.69) is 25.6 Å². The molecule has 14 heavy (non-hydrogen) atoms. The third kappa shape index (κ3) is 2.22. The number of benzene rings is 1. The first-order valence-electron chi connectivity index (χ1n) is 4.70. The van der Waals surface area contributed by atoms with Crippen molar-refractivity contribution in [2.24, 2.45) is 4.99 Å². The van der Waals surface area contributed by atoms with Gasteiger partial charge in [-0.05, 0) is 48.9 Å². The highest BCUT2D eigenvalue weighted by Gasteiger charge is 2.02. The number of nitrogen functional groups attached to an aromatic ring is 1. The molecule has 0 aliphatic rings. The average Bonchev–Trinajstić information content (AvgIpc) is 2.15. The quantitative estimate of drug-likeness (QED) is 0.574. The van der Waals surface area contributed by atoms with Crippen molar-refractivity contribution in [1.82, 2.24) is 0 Å². The molecule has 1 aromatic rings. The SMILES string of the molecule is C=N/C=C(\CC)c1ccc(N)cc1C. The second-order valence-electron chi connectivity index (χ2n) is 3.26. The molecule has 74 valence electrons. The summed E-state index contributed by atoms with van der Waals surface area (Å²) in [6.07, 6.45) is 2.75. The lowest BCUT2D eigenvalue weighted by molar-refractivity contribution is 1.21. The molecular weight excluding hydrogens is 172 g/mol. The summed E-state index contributed by atoms with van der Waals surface area (Å²) in [5.74, 6) is 0. The Kier molecular flexibility index (Phi) is 3.46. The molecule has 0 aromatic heterocycles. The largest absolute Gasteiger partial charge is 0.399 e. The van der Waals surface area contributed by atoms with E-state index in [0.717, 1.165) is 12.1 Å². The average molecular weight is 188 g/mol. The first-order chi connectivity index (χ1) is 6.69. The van der Waals surface area contributed by atoms with Gasteiger partial charge in [0.05, 0.1) is 0 Å². The fourth-order valence-corrected chi connectivity index (χ4v) is 1.51. The van der Waals surface area contributed by atoms with Crippen LogP contribution >= 0.6 is 0 Å². The van der Waals surface area contributed by atoms with Gasteiger partial charge in [0.2, 0.25) is 0 Å². The van der Waals surface area contributed by atoms with Crippen molar-refractivity contribution in [1.29, 1.82) is 0 Å². The van der Waals surface area contributed by atoms with Gasteiger partial charge in [0.1, 0.15) is 0 Å². The molecule has 0 heterocycles. The van der Waals surface area contributed by atoms with E-state index in [1.807, 2.05) is 18.2 Å². The van der Waals surface area contributed by atoms with E-state index in [0.29, 0.717) is 0 Å². The molecule has 2 heteroatoms. The van der Waals surface area contributed by atoms with Crippen LogP contribution in [0.5, 0.6) is 0 Å². The van der Waals surface area contributed by atoms with Crippen LogP contribution in [-0.2, 0) is 0 Å². The minimum atomic E-state index is 0.799.